The third kappa shape index (κ3) is 6.25. The number of nitrogens with two attached hydrogens (primary N) is 3. The first kappa shape index (κ1) is 21.8. The topological polar surface area (TPSA) is 149 Å². The number of rotatable bonds is 8. The second kappa shape index (κ2) is 9.60. The number of hydrogen-bond donors (Lipinski definition) is 5. The number of carbonyl (C=O) groups excluding carboxylic acids is 2. The molecule has 0 fully saturated rings. The van der Waals surface area contributed by atoms with E-state index >= 15 is 0 Å². The molecule has 0 aliphatic heterocycles. The van der Waals surface area contributed by atoms with E-state index in [-0.39, 0.29) is 28.3 Å². The molecule has 1 atom stereocenters. The van der Waals surface area contributed by atoms with E-state index in [0.717, 1.165) is 11.6 Å². The number of pyridine rings is 1. The van der Waals surface area contributed by atoms with Gasteiger partial charge in [-0.2, -0.15) is 0 Å². The van der Waals surface area contributed by atoms with Crippen LogP contribution in [0.2, 0.25) is 0 Å². The quantitative estimate of drug-likeness (QED) is 0.323. The molecule has 152 valence electrons. The lowest BCUT2D eigenvalue weighted by Gasteiger charge is -2.19. The molecule has 0 saturated heterocycles. The average Bonchev–Trinajstić information content (AvgIpc) is 2.63. The molecule has 0 unspecified atom stereocenters. The molecular weight excluding hydrogens is 395 g/mol. The summed E-state index contributed by atoms with van der Waals surface area (Å²) >= 11 is 5.14. The summed E-state index contributed by atoms with van der Waals surface area (Å²) in [6.45, 7) is 1.64. The van der Waals surface area contributed by atoms with Crippen LogP contribution in [0.15, 0.2) is 48.4 Å². The number of nitrogens with zero attached hydrogens (tertiary/aromatic N) is 1. The van der Waals surface area contributed by atoms with Crippen molar-refractivity contribution >= 4 is 40.4 Å². The molecule has 2 aromatic rings. The fraction of sp³-hybridized carbons (Fsp3) is 0.158. The normalized spacial score (nSPS) is 12.1. The molecule has 2 rings (SSSR count). The van der Waals surface area contributed by atoms with Gasteiger partial charge in [-0.15, -0.1) is 0 Å². The summed E-state index contributed by atoms with van der Waals surface area (Å²) in [6, 6.07) is 4.81. The largest absolute Gasteiger partial charge is 0.402 e. The van der Waals surface area contributed by atoms with Crippen LogP contribution in [0.1, 0.15) is 22.8 Å². The van der Waals surface area contributed by atoms with Crippen molar-refractivity contribution in [2.45, 2.75) is 19.4 Å². The number of thiocarbonyl (C=S) groups is 1. The van der Waals surface area contributed by atoms with Crippen LogP contribution in [0.5, 0.6) is 0 Å². The Balaban J connectivity index is 2.36. The molecule has 29 heavy (non-hydrogen) atoms. The predicted octanol–water partition coefficient (Wildman–Crippen LogP) is 1.43. The molecule has 1 aromatic carbocycles. The summed E-state index contributed by atoms with van der Waals surface area (Å²) in [7, 11) is 0. The maximum Gasteiger partial charge on any atom is 0.250 e. The Hall–Kier alpha value is -3.53. The highest BCUT2D eigenvalue weighted by molar-refractivity contribution is 7.81. The number of anilines is 2. The van der Waals surface area contributed by atoms with Gasteiger partial charge in [-0.05, 0) is 36.8 Å². The van der Waals surface area contributed by atoms with Crippen molar-refractivity contribution in [3.05, 3.63) is 65.4 Å². The summed E-state index contributed by atoms with van der Waals surface area (Å²) in [5.74, 6) is -2.31. The molecule has 10 heteroatoms. The van der Waals surface area contributed by atoms with Gasteiger partial charge >= 0.3 is 0 Å². The van der Waals surface area contributed by atoms with Gasteiger partial charge in [0.15, 0.2) is 0 Å². The SMILES string of the molecule is CC(N)=CC(=S)Nc1cc(N[C@H](Cc2cccnc2)C(N)=O)c(F)cc1C(N)=O. The molecule has 0 radical (unpaired) electrons. The lowest BCUT2D eigenvalue weighted by atomic mass is 10.1. The van der Waals surface area contributed by atoms with Gasteiger partial charge in [0.2, 0.25) is 5.91 Å². The maximum atomic E-state index is 14.6. The molecule has 0 saturated carbocycles. The molecule has 8 nitrogen and oxygen atoms in total. The van der Waals surface area contributed by atoms with Gasteiger partial charge in [-0.1, -0.05) is 18.3 Å². The fourth-order valence-electron chi connectivity index (χ4n) is 2.53. The second-order valence-corrected chi connectivity index (χ2v) is 6.72. The van der Waals surface area contributed by atoms with E-state index in [4.69, 9.17) is 29.4 Å². The number of primary amides is 2. The molecule has 0 bridgehead atoms. The molecular formula is C19H21FN6O2S. The Morgan fingerprint density at radius 2 is 2.00 bits per heavy atom. The monoisotopic (exact) mass is 416 g/mol. The van der Waals surface area contributed by atoms with Crippen molar-refractivity contribution in [3.63, 3.8) is 0 Å². The number of nitrogens with one attached hydrogen (secondary N) is 2. The van der Waals surface area contributed by atoms with Crippen LogP contribution < -0.4 is 27.8 Å². The van der Waals surface area contributed by atoms with Crippen molar-refractivity contribution in [2.75, 3.05) is 10.6 Å². The lowest BCUT2D eigenvalue weighted by molar-refractivity contribution is -0.118. The standard InChI is InChI=1S/C19H21FN6O2S/c1-10(21)5-17(29)26-14-8-15(13(20)7-12(14)18(22)27)25-16(19(23)28)6-11-3-2-4-24-9-11/h2-5,7-9,16,25H,6,21H2,1H3,(H2,22,27)(H2,23,28)(H,26,29)/t16-/m1/s1. The Labute approximate surface area is 172 Å². The van der Waals surface area contributed by atoms with E-state index in [9.17, 15) is 14.0 Å². The number of halogens is 1. The summed E-state index contributed by atoms with van der Waals surface area (Å²) in [5.41, 5.74) is 17.5. The fourth-order valence-corrected chi connectivity index (χ4v) is 2.83. The van der Waals surface area contributed by atoms with Crippen LogP contribution in [0.3, 0.4) is 0 Å². The molecule has 0 aliphatic carbocycles. The third-order valence-electron chi connectivity index (χ3n) is 3.83. The zero-order chi connectivity index (χ0) is 21.6. The number of hydrogen-bond acceptors (Lipinski definition) is 6. The van der Waals surface area contributed by atoms with Crippen LogP contribution in [-0.4, -0.2) is 27.8 Å². The first-order valence-electron chi connectivity index (χ1n) is 8.50. The van der Waals surface area contributed by atoms with Gasteiger partial charge in [-0.25, -0.2) is 4.39 Å². The van der Waals surface area contributed by atoms with Gasteiger partial charge in [-0.3, -0.25) is 14.6 Å². The highest BCUT2D eigenvalue weighted by Gasteiger charge is 2.20. The average molecular weight is 416 g/mol. The summed E-state index contributed by atoms with van der Waals surface area (Å²) in [6.07, 6.45) is 4.83. The number of benzene rings is 1. The molecule has 0 aliphatic rings. The van der Waals surface area contributed by atoms with Crippen LogP contribution >= 0.6 is 12.2 Å². The van der Waals surface area contributed by atoms with Gasteiger partial charge in [0.05, 0.1) is 16.9 Å². The minimum atomic E-state index is -0.917. The zero-order valence-electron chi connectivity index (χ0n) is 15.6. The molecule has 1 heterocycles. The van der Waals surface area contributed by atoms with E-state index in [1.165, 1.54) is 12.1 Å². The molecule has 8 N–H and O–H groups in total. The highest BCUT2D eigenvalue weighted by atomic mass is 32.1. The Kier molecular flexibility index (Phi) is 7.21. The van der Waals surface area contributed by atoms with E-state index < -0.39 is 23.7 Å². The van der Waals surface area contributed by atoms with Crippen molar-refractivity contribution in [1.29, 1.82) is 0 Å². The number of amides is 2. The Morgan fingerprint density at radius 1 is 1.28 bits per heavy atom. The van der Waals surface area contributed by atoms with Gasteiger partial charge < -0.3 is 27.8 Å². The maximum absolute atomic E-state index is 14.6. The van der Waals surface area contributed by atoms with Crippen molar-refractivity contribution in [2.24, 2.45) is 17.2 Å². The predicted molar refractivity (Wildman–Crippen MR) is 114 cm³/mol. The molecule has 2 amide bonds. The first-order valence-corrected chi connectivity index (χ1v) is 8.91. The minimum Gasteiger partial charge on any atom is -0.402 e. The lowest BCUT2D eigenvalue weighted by Crippen LogP contribution is -2.37. The number of allylic oxidation sites excluding steroid dienone is 1. The van der Waals surface area contributed by atoms with Crippen LogP contribution in [-0.2, 0) is 11.2 Å². The Morgan fingerprint density at radius 3 is 2.55 bits per heavy atom. The van der Waals surface area contributed by atoms with Crippen molar-refractivity contribution in [3.8, 4) is 0 Å². The van der Waals surface area contributed by atoms with Gasteiger partial charge in [0, 0.05) is 24.5 Å². The van der Waals surface area contributed by atoms with E-state index in [0.29, 0.717) is 5.70 Å². The second-order valence-electron chi connectivity index (χ2n) is 6.28. The minimum absolute atomic E-state index is 0.0542. The summed E-state index contributed by atoms with van der Waals surface area (Å²) < 4.78 is 14.6. The number of carbonyl (C=O) groups is 2. The first-order chi connectivity index (χ1) is 13.7. The van der Waals surface area contributed by atoms with Gasteiger partial charge in [0.25, 0.3) is 5.91 Å². The molecule has 1 aromatic heterocycles. The highest BCUT2D eigenvalue weighted by Crippen LogP contribution is 2.26. The van der Waals surface area contributed by atoms with Crippen LogP contribution in [0.25, 0.3) is 0 Å². The van der Waals surface area contributed by atoms with Crippen molar-refractivity contribution in [1.82, 2.24) is 4.98 Å². The van der Waals surface area contributed by atoms with Gasteiger partial charge in [0.1, 0.15) is 16.8 Å². The van der Waals surface area contributed by atoms with Crippen molar-refractivity contribution < 1.29 is 14.0 Å². The number of aromatic nitrogens is 1. The zero-order valence-corrected chi connectivity index (χ0v) is 16.4. The van der Waals surface area contributed by atoms with E-state index in [2.05, 4.69) is 15.6 Å². The van der Waals surface area contributed by atoms with E-state index in [1.54, 1.807) is 31.5 Å². The third-order valence-corrected chi connectivity index (χ3v) is 4.05. The molecule has 0 spiro atoms. The van der Waals surface area contributed by atoms with Crippen LogP contribution in [0.4, 0.5) is 15.8 Å². The summed E-state index contributed by atoms with van der Waals surface area (Å²) in [5, 5.41) is 5.55. The van der Waals surface area contributed by atoms with Crippen LogP contribution in [0, 0.1) is 5.82 Å². The Bertz CT molecular complexity index is 961. The summed E-state index contributed by atoms with van der Waals surface area (Å²) in [4.78, 5) is 27.7. The van der Waals surface area contributed by atoms with E-state index in [1.807, 2.05) is 0 Å². The smallest absolute Gasteiger partial charge is 0.250 e.